The average Bonchev–Trinajstić information content (AvgIpc) is 3.71. The number of hydrogen-bond donors (Lipinski definition) is 8. The summed E-state index contributed by atoms with van der Waals surface area (Å²) in [5.74, 6) is -8.94. The third-order valence-corrected chi connectivity index (χ3v) is 11.1. The molecule has 19 heteroatoms. The Morgan fingerprint density at radius 3 is 1.83 bits per heavy atom. The quantitative estimate of drug-likeness (QED) is 0.0671. The molecule has 8 N–H and O–H groups in total. The summed E-state index contributed by atoms with van der Waals surface area (Å²) >= 11 is 0. The molecule has 0 saturated carbocycles. The van der Waals surface area contributed by atoms with E-state index in [1.807, 2.05) is 67.6 Å². The minimum Gasteiger partial charge on any atom is -0.481 e. The first kappa shape index (κ1) is 53.0. The van der Waals surface area contributed by atoms with Gasteiger partial charge in [-0.1, -0.05) is 108 Å². The molecule has 1 heterocycles. The number of carboxylic acids is 2. The molecule has 1 aliphatic rings. The summed E-state index contributed by atoms with van der Waals surface area (Å²) in [5, 5.41) is 34.3. The monoisotopic (exact) mass is 907 g/mol. The lowest BCUT2D eigenvalue weighted by Gasteiger charge is -2.33. The summed E-state index contributed by atoms with van der Waals surface area (Å²) in [5.41, 5.74) is 1.75. The maximum Gasteiger partial charge on any atom is 0.305 e. The zero-order chi connectivity index (χ0) is 48.2. The highest BCUT2D eigenvalue weighted by atomic mass is 16.5. The molecule has 8 atom stereocenters. The number of carboxylic acid groups (broad SMARTS) is 2. The Hall–Kier alpha value is -6.37. The fourth-order valence-corrected chi connectivity index (χ4v) is 7.26. The van der Waals surface area contributed by atoms with Gasteiger partial charge in [0.2, 0.25) is 41.4 Å². The number of nitrogens with zero attached hydrogens (tertiary/aromatic N) is 1. The van der Waals surface area contributed by atoms with Crippen LogP contribution in [0.5, 0.6) is 0 Å². The Balaban J connectivity index is 1.88. The van der Waals surface area contributed by atoms with Crippen molar-refractivity contribution in [2.24, 2.45) is 11.8 Å². The van der Waals surface area contributed by atoms with Crippen molar-refractivity contribution in [3.63, 3.8) is 0 Å². The second-order valence-corrected chi connectivity index (χ2v) is 16.7. The number of likely N-dealkylation sites (tertiary alicyclic amines) is 1. The van der Waals surface area contributed by atoms with E-state index in [1.54, 1.807) is 27.7 Å². The number of amides is 7. The van der Waals surface area contributed by atoms with Crippen molar-refractivity contribution in [1.29, 1.82) is 0 Å². The maximum absolute atomic E-state index is 14.7. The number of ether oxygens (including phenoxy) is 1. The molecule has 3 rings (SSSR count). The summed E-state index contributed by atoms with van der Waals surface area (Å²) in [6, 6.07) is 10.9. The predicted molar refractivity (Wildman–Crippen MR) is 237 cm³/mol. The fraction of sp³-hybridized carbons (Fsp3) is 0.543. The Morgan fingerprint density at radius 1 is 0.692 bits per heavy atom. The van der Waals surface area contributed by atoms with E-state index < -0.39 is 121 Å². The molecule has 1 fully saturated rings. The SMILES string of the molecule is CCCC(NC(=O)[C@@H]1C[C@@H](OCc2ccccc2)CN1C(=O)[C@@H](NC(=O)[C@@H](NC(=O)[C@@H](CCC(=O)O)NC(=O)[C@H](CC(=O)O)NC(C)=O)[C@@H](C)CC)C(C)C)C(=O)NCc1ccccc1. The lowest BCUT2D eigenvalue weighted by atomic mass is 9.95. The van der Waals surface area contributed by atoms with Gasteiger partial charge >= 0.3 is 11.9 Å². The summed E-state index contributed by atoms with van der Waals surface area (Å²) < 4.78 is 6.22. The van der Waals surface area contributed by atoms with E-state index in [9.17, 15) is 53.4 Å². The van der Waals surface area contributed by atoms with Crippen LogP contribution in [0.25, 0.3) is 0 Å². The number of hydrogen-bond acceptors (Lipinski definition) is 10. The molecular formula is C46H65N7O12. The lowest BCUT2D eigenvalue weighted by Crippen LogP contribution is -2.61. The third-order valence-electron chi connectivity index (χ3n) is 11.1. The zero-order valence-corrected chi connectivity index (χ0v) is 38.0. The van der Waals surface area contributed by atoms with E-state index in [0.29, 0.717) is 19.3 Å². The minimum absolute atomic E-state index is 0.0146. The molecule has 356 valence electrons. The first-order valence-corrected chi connectivity index (χ1v) is 22.0. The van der Waals surface area contributed by atoms with Gasteiger partial charge in [0.25, 0.3) is 0 Å². The van der Waals surface area contributed by atoms with E-state index in [1.165, 1.54) is 4.90 Å². The number of aliphatic carboxylic acids is 2. The molecule has 1 unspecified atom stereocenters. The van der Waals surface area contributed by atoms with Gasteiger partial charge in [0, 0.05) is 32.9 Å². The Bertz CT molecular complexity index is 1930. The predicted octanol–water partition coefficient (Wildman–Crippen LogP) is 1.77. The molecule has 0 aliphatic carbocycles. The number of rotatable bonds is 26. The standard InChI is InChI=1S/C46H65N7O12/c1-7-15-33(41(59)47-24-30-16-11-9-12-17-30)50-44(62)36-22-32(65-26-31-18-13-10-14-19-31)25-53(36)46(64)39(27(3)4)51-45(63)40(28(5)8-2)52-42(60)34(20-21-37(55)56)49-43(61)35(23-38(57)58)48-29(6)54/h9-14,16-19,27-28,32-36,39-40H,7-8,15,20-26H2,1-6H3,(H,47,59)(H,48,54)(H,49,61)(H,50,62)(H,51,63)(H,52,60)(H,55,56)(H,57,58)/t28-,32+,33?,34+,35-,36-,39-,40-/m0/s1. The van der Waals surface area contributed by atoms with E-state index in [2.05, 4.69) is 31.9 Å². The van der Waals surface area contributed by atoms with E-state index >= 15 is 0 Å². The first-order chi connectivity index (χ1) is 30.8. The molecule has 1 saturated heterocycles. The number of benzene rings is 2. The van der Waals surface area contributed by atoms with Crippen molar-refractivity contribution in [3.05, 3.63) is 71.8 Å². The van der Waals surface area contributed by atoms with Crippen molar-refractivity contribution in [2.75, 3.05) is 6.54 Å². The molecular weight excluding hydrogens is 843 g/mol. The van der Waals surface area contributed by atoms with Gasteiger partial charge in [-0.15, -0.1) is 0 Å². The van der Waals surface area contributed by atoms with Crippen LogP contribution in [0.15, 0.2) is 60.7 Å². The van der Waals surface area contributed by atoms with Crippen LogP contribution < -0.4 is 31.9 Å². The van der Waals surface area contributed by atoms with E-state index in [-0.39, 0.29) is 32.0 Å². The van der Waals surface area contributed by atoms with Crippen molar-refractivity contribution < 1.29 is 58.1 Å². The molecule has 2 aromatic rings. The van der Waals surface area contributed by atoms with Gasteiger partial charge in [-0.05, 0) is 35.8 Å². The Morgan fingerprint density at radius 2 is 1.28 bits per heavy atom. The normalized spacial score (nSPS) is 17.3. The average molecular weight is 908 g/mol. The number of nitrogens with one attached hydrogen (secondary N) is 6. The van der Waals surface area contributed by atoms with E-state index in [4.69, 9.17) is 4.74 Å². The highest BCUT2D eigenvalue weighted by Crippen LogP contribution is 2.25. The lowest BCUT2D eigenvalue weighted by molar-refractivity contribution is -0.144. The molecule has 0 spiro atoms. The van der Waals surface area contributed by atoms with Crippen LogP contribution in [0.3, 0.4) is 0 Å². The van der Waals surface area contributed by atoms with Crippen LogP contribution >= 0.6 is 0 Å². The van der Waals surface area contributed by atoms with Crippen LogP contribution in [0, 0.1) is 11.8 Å². The van der Waals surface area contributed by atoms with Crippen LogP contribution in [0.4, 0.5) is 0 Å². The van der Waals surface area contributed by atoms with Crippen molar-refractivity contribution >= 4 is 53.3 Å². The van der Waals surface area contributed by atoms with Gasteiger partial charge in [0.15, 0.2) is 0 Å². The van der Waals surface area contributed by atoms with Gasteiger partial charge in [-0.3, -0.25) is 43.2 Å². The van der Waals surface area contributed by atoms with Crippen molar-refractivity contribution in [3.8, 4) is 0 Å². The van der Waals surface area contributed by atoms with Crippen LogP contribution in [0.1, 0.15) is 97.6 Å². The number of carbonyl (C=O) groups excluding carboxylic acids is 7. The van der Waals surface area contributed by atoms with Crippen LogP contribution in [-0.2, 0) is 61.0 Å². The molecule has 1 aliphatic heterocycles. The molecule has 2 aromatic carbocycles. The molecule has 7 amide bonds. The van der Waals surface area contributed by atoms with Gasteiger partial charge in [-0.25, -0.2) is 0 Å². The van der Waals surface area contributed by atoms with Crippen LogP contribution in [0.2, 0.25) is 0 Å². The third kappa shape index (κ3) is 17.3. The molecule has 0 bridgehead atoms. The highest BCUT2D eigenvalue weighted by Gasteiger charge is 2.45. The van der Waals surface area contributed by atoms with Gasteiger partial charge in [0.05, 0.1) is 19.1 Å². The van der Waals surface area contributed by atoms with Crippen LogP contribution in [-0.4, -0.2) is 117 Å². The molecule has 19 nitrogen and oxygen atoms in total. The van der Waals surface area contributed by atoms with Crippen molar-refractivity contribution in [2.45, 2.75) is 142 Å². The summed E-state index contributed by atoms with van der Waals surface area (Å²) in [6.45, 7) is 10.2. The van der Waals surface area contributed by atoms with E-state index in [0.717, 1.165) is 18.1 Å². The largest absolute Gasteiger partial charge is 0.481 e. The summed E-state index contributed by atoms with van der Waals surface area (Å²) in [4.78, 5) is 119. The zero-order valence-electron chi connectivity index (χ0n) is 38.0. The Labute approximate surface area is 379 Å². The molecule has 65 heavy (non-hydrogen) atoms. The molecule has 0 radical (unpaired) electrons. The topological polar surface area (TPSA) is 279 Å². The summed E-state index contributed by atoms with van der Waals surface area (Å²) in [7, 11) is 0. The number of carbonyl (C=O) groups is 9. The Kier molecular flexibility index (Phi) is 21.5. The van der Waals surface area contributed by atoms with Gasteiger partial charge in [0.1, 0.15) is 36.3 Å². The van der Waals surface area contributed by atoms with Gasteiger partial charge < -0.3 is 51.8 Å². The second kappa shape index (κ2) is 26.4. The second-order valence-electron chi connectivity index (χ2n) is 16.7. The fourth-order valence-electron chi connectivity index (χ4n) is 7.26. The molecule has 0 aromatic heterocycles. The smallest absolute Gasteiger partial charge is 0.305 e. The summed E-state index contributed by atoms with van der Waals surface area (Å²) in [6.07, 6.45) is -1.13. The van der Waals surface area contributed by atoms with Gasteiger partial charge in [-0.2, -0.15) is 0 Å². The van der Waals surface area contributed by atoms with Crippen molar-refractivity contribution in [1.82, 2.24) is 36.8 Å². The minimum atomic E-state index is -1.59. The maximum atomic E-state index is 14.7. The highest BCUT2D eigenvalue weighted by molar-refractivity contribution is 5.98. The first-order valence-electron chi connectivity index (χ1n) is 22.0.